The maximum Gasteiger partial charge on any atom is 0.185 e. The van der Waals surface area contributed by atoms with Crippen molar-refractivity contribution in [3.05, 3.63) is 0 Å². The lowest BCUT2D eigenvalue weighted by Crippen LogP contribution is -2.15. The highest BCUT2D eigenvalue weighted by Gasteiger charge is 2.03. The summed E-state index contributed by atoms with van der Waals surface area (Å²) in [6.45, 7) is 3.08. The molecule has 0 aliphatic heterocycles. The van der Waals surface area contributed by atoms with E-state index in [0.717, 1.165) is 0 Å². The molecule has 0 spiro atoms. The van der Waals surface area contributed by atoms with Crippen molar-refractivity contribution in [1.82, 2.24) is 0 Å². The molecule has 0 bridgehead atoms. The maximum absolute atomic E-state index is 10.8. The van der Waals surface area contributed by atoms with Gasteiger partial charge in [-0.3, -0.25) is 9.62 Å². The van der Waals surface area contributed by atoms with E-state index >= 15 is 0 Å². The van der Waals surface area contributed by atoms with E-state index in [0.29, 0.717) is 0 Å². The second kappa shape index (κ2) is 2.17. The summed E-state index contributed by atoms with van der Waals surface area (Å²) in [5, 5.41) is 6.80. The van der Waals surface area contributed by atoms with Crippen molar-refractivity contribution < 1.29 is 4.21 Å². The largest absolute Gasteiger partial charge is 0.278 e. The lowest BCUT2D eigenvalue weighted by atomic mass is 11.3. The van der Waals surface area contributed by atoms with Gasteiger partial charge in [0.1, 0.15) is 0 Å². The van der Waals surface area contributed by atoms with Crippen molar-refractivity contribution in [2.24, 2.45) is 4.99 Å². The molecule has 0 aliphatic rings. The Morgan fingerprint density at radius 3 is 2.12 bits per heavy atom. The van der Waals surface area contributed by atoms with Gasteiger partial charge in [-0.2, -0.15) is 0 Å². The van der Waals surface area contributed by atoms with Crippen LogP contribution in [0.25, 0.3) is 0 Å². The van der Waals surface area contributed by atoms with Crippen LogP contribution in [0.3, 0.4) is 0 Å². The Labute approximate surface area is 49.8 Å². The normalized spacial score (nSPS) is 12.8. The van der Waals surface area contributed by atoms with Crippen molar-refractivity contribution in [2.45, 2.75) is 0 Å². The second-order valence-corrected chi connectivity index (χ2v) is 4.96. The van der Waals surface area contributed by atoms with Crippen LogP contribution >= 0.6 is 0 Å². The topological polar surface area (TPSA) is 53.3 Å². The fourth-order valence-electron chi connectivity index (χ4n) is 0.170. The smallest absolute Gasteiger partial charge is 0.185 e. The van der Waals surface area contributed by atoms with Crippen LogP contribution in [-0.4, -0.2) is 28.6 Å². The highest BCUT2D eigenvalue weighted by molar-refractivity contribution is 8.15. The first-order valence-corrected chi connectivity index (χ1v) is 4.69. The van der Waals surface area contributed by atoms with E-state index < -0.39 is 9.93 Å². The summed E-state index contributed by atoms with van der Waals surface area (Å²) in [7, 11) is -2.40. The van der Waals surface area contributed by atoms with Gasteiger partial charge in [0.15, 0.2) is 5.17 Å². The van der Waals surface area contributed by atoms with Gasteiger partial charge in [-0.05, 0) is 19.2 Å². The Balaban J connectivity index is 4.26. The first-order valence-electron chi connectivity index (χ1n) is 2.09. The predicted molar refractivity (Wildman–Crippen MR) is 38.7 cm³/mol. The molecule has 0 heterocycles. The minimum atomic E-state index is -2.40. The van der Waals surface area contributed by atoms with Gasteiger partial charge in [-0.15, -0.1) is 0 Å². The Hall–Kier alpha value is -0.510. The molecule has 0 aromatic heterocycles. The molecule has 0 rings (SSSR count). The number of hydrogen-bond donors (Lipinski definition) is 2. The highest BCUT2D eigenvalue weighted by Crippen LogP contribution is 1.94. The third kappa shape index (κ3) is 1.97. The zero-order valence-corrected chi connectivity index (χ0v) is 5.90. The average Bonchev–Trinajstić information content (AvgIpc) is 1.62. The fraction of sp³-hybridized carbons (Fsp3) is 0.500. The second-order valence-electron chi connectivity index (χ2n) is 1.83. The summed E-state index contributed by atoms with van der Waals surface area (Å²) in [4.78, 5) is 3.23. The van der Waals surface area contributed by atoms with Crippen LogP contribution in [0.4, 0.5) is 0 Å². The third-order valence-electron chi connectivity index (χ3n) is 0.660. The standard InChI is InChI=1S/C4H10N2OS/c1-6-4(5)8(2,3)7/h5,8H,1H2,2-3H3. The van der Waals surface area contributed by atoms with E-state index in [-0.39, 0.29) is 5.17 Å². The van der Waals surface area contributed by atoms with Crippen LogP contribution in [0.2, 0.25) is 0 Å². The van der Waals surface area contributed by atoms with E-state index in [1.807, 2.05) is 0 Å². The molecule has 8 heavy (non-hydrogen) atoms. The van der Waals surface area contributed by atoms with E-state index in [4.69, 9.17) is 5.41 Å². The van der Waals surface area contributed by atoms with Gasteiger partial charge in [-0.25, -0.2) is 4.99 Å². The zero-order valence-electron chi connectivity index (χ0n) is 5.01. The third-order valence-corrected chi connectivity index (χ3v) is 1.82. The number of amidine groups is 1. The molecule has 0 saturated carbocycles. The first-order chi connectivity index (χ1) is 3.48. The van der Waals surface area contributed by atoms with Crippen molar-refractivity contribution in [3.63, 3.8) is 0 Å². The minimum absolute atomic E-state index is 0.0995. The van der Waals surface area contributed by atoms with Crippen molar-refractivity contribution in [2.75, 3.05) is 12.5 Å². The monoisotopic (exact) mass is 134 g/mol. The molecule has 0 aromatic rings. The number of nitrogens with zero attached hydrogens (tertiary/aromatic N) is 1. The summed E-state index contributed by atoms with van der Waals surface area (Å²) in [6.07, 6.45) is 2.98. The van der Waals surface area contributed by atoms with Crippen LogP contribution in [0.5, 0.6) is 0 Å². The number of thiol groups is 1. The SMILES string of the molecule is C=NC(=N)[SH](C)(C)=O. The number of rotatable bonds is 0. The molecule has 48 valence electrons. The Bertz CT molecular complexity index is 157. The van der Waals surface area contributed by atoms with Crippen LogP contribution in [-0.2, 0) is 9.93 Å². The molecular formula is C4H10N2OS. The minimum Gasteiger partial charge on any atom is -0.278 e. The number of aliphatic imine (C=N–C) groups is 1. The van der Waals surface area contributed by atoms with Gasteiger partial charge < -0.3 is 0 Å². The van der Waals surface area contributed by atoms with Gasteiger partial charge in [-0.1, -0.05) is 9.93 Å². The molecule has 0 aliphatic carbocycles. The van der Waals surface area contributed by atoms with Gasteiger partial charge >= 0.3 is 0 Å². The molecule has 0 unspecified atom stereocenters. The van der Waals surface area contributed by atoms with Crippen LogP contribution in [0, 0.1) is 5.41 Å². The Morgan fingerprint density at radius 2 is 2.12 bits per heavy atom. The van der Waals surface area contributed by atoms with Crippen molar-refractivity contribution in [3.8, 4) is 0 Å². The van der Waals surface area contributed by atoms with Crippen molar-refractivity contribution in [1.29, 1.82) is 5.41 Å². The quantitative estimate of drug-likeness (QED) is 0.271. The number of hydrogen-bond acceptors (Lipinski definition) is 2. The summed E-state index contributed by atoms with van der Waals surface area (Å²) in [5.74, 6) is 0. The van der Waals surface area contributed by atoms with Crippen molar-refractivity contribution >= 4 is 21.8 Å². The first kappa shape index (κ1) is 7.49. The molecule has 0 aromatic carbocycles. The highest BCUT2D eigenvalue weighted by atomic mass is 32.2. The Morgan fingerprint density at radius 1 is 1.75 bits per heavy atom. The summed E-state index contributed by atoms with van der Waals surface area (Å²) < 4.78 is 10.8. The molecule has 3 nitrogen and oxygen atoms in total. The lowest BCUT2D eigenvalue weighted by Gasteiger charge is -2.06. The van der Waals surface area contributed by atoms with E-state index in [9.17, 15) is 4.21 Å². The van der Waals surface area contributed by atoms with Gasteiger partial charge in [0, 0.05) is 0 Å². The molecular weight excluding hydrogens is 124 g/mol. The molecule has 4 heteroatoms. The van der Waals surface area contributed by atoms with Gasteiger partial charge in [0.2, 0.25) is 0 Å². The molecule has 0 fully saturated rings. The van der Waals surface area contributed by atoms with Gasteiger partial charge in [0.25, 0.3) is 0 Å². The van der Waals surface area contributed by atoms with Crippen LogP contribution in [0.1, 0.15) is 0 Å². The zero-order chi connectivity index (χ0) is 6.78. The molecule has 1 N–H and O–H groups in total. The molecule has 0 saturated heterocycles. The van der Waals surface area contributed by atoms with Gasteiger partial charge in [0.05, 0.1) is 0 Å². The van der Waals surface area contributed by atoms with Crippen LogP contribution in [0.15, 0.2) is 4.99 Å². The van der Waals surface area contributed by atoms with E-state index in [2.05, 4.69) is 11.7 Å². The summed E-state index contributed by atoms with van der Waals surface area (Å²) in [6, 6.07) is 0. The summed E-state index contributed by atoms with van der Waals surface area (Å²) in [5.41, 5.74) is 0. The molecule has 0 amide bonds. The Kier molecular flexibility index (Phi) is 2.03. The van der Waals surface area contributed by atoms with E-state index in [1.54, 1.807) is 0 Å². The molecule has 0 radical (unpaired) electrons. The number of nitrogens with one attached hydrogen (secondary N) is 1. The van der Waals surface area contributed by atoms with E-state index in [1.165, 1.54) is 12.5 Å². The average molecular weight is 134 g/mol. The fourth-order valence-corrected chi connectivity index (χ4v) is 0.511. The summed E-state index contributed by atoms with van der Waals surface area (Å²) >= 11 is 0. The van der Waals surface area contributed by atoms with Crippen LogP contribution < -0.4 is 0 Å². The predicted octanol–water partition coefficient (Wildman–Crippen LogP) is -0.102. The maximum atomic E-state index is 10.8. The molecule has 0 atom stereocenters. The lowest BCUT2D eigenvalue weighted by molar-refractivity contribution is 0.685.